The summed E-state index contributed by atoms with van der Waals surface area (Å²) >= 11 is 0. The smallest absolute Gasteiger partial charge is 0.329 e. The molecule has 0 saturated carbocycles. The second-order valence-electron chi connectivity index (χ2n) is 7.13. The molecule has 0 aromatic heterocycles. The van der Waals surface area contributed by atoms with E-state index in [1.165, 1.54) is 25.5 Å². The van der Waals surface area contributed by atoms with Crippen LogP contribution in [0, 0.1) is 5.82 Å². The van der Waals surface area contributed by atoms with Crippen molar-refractivity contribution in [2.75, 3.05) is 7.11 Å². The van der Waals surface area contributed by atoms with Crippen LogP contribution in [0.1, 0.15) is 29.7 Å². The van der Waals surface area contributed by atoms with Crippen molar-refractivity contribution in [3.63, 3.8) is 0 Å². The molecule has 170 valence electrons. The molecule has 8 heteroatoms. The van der Waals surface area contributed by atoms with Crippen LogP contribution >= 0.6 is 0 Å². The summed E-state index contributed by atoms with van der Waals surface area (Å²) in [6.45, 7) is 2.03. The third kappa shape index (κ3) is 6.90. The first-order valence-corrected chi connectivity index (χ1v) is 10.2. The first kappa shape index (κ1) is 23.5. The SMILES string of the molecule is COc1cc(/C=N\NC(=O)C(=O)N[C@@H](C)c2ccccc2)ccc1OCc1ccc(F)cc1. The largest absolute Gasteiger partial charge is 0.493 e. The molecule has 0 aliphatic carbocycles. The molecule has 0 fully saturated rings. The van der Waals surface area contributed by atoms with Crippen LogP contribution in [0.25, 0.3) is 0 Å². The Kier molecular flexibility index (Phi) is 8.13. The number of amides is 2. The Balaban J connectivity index is 1.54. The summed E-state index contributed by atoms with van der Waals surface area (Å²) < 4.78 is 24.1. The summed E-state index contributed by atoms with van der Waals surface area (Å²) in [5, 5.41) is 6.45. The predicted molar refractivity (Wildman–Crippen MR) is 122 cm³/mol. The molecular weight excluding hydrogens is 425 g/mol. The topological polar surface area (TPSA) is 89.0 Å². The maximum Gasteiger partial charge on any atom is 0.329 e. The third-order valence-electron chi connectivity index (χ3n) is 4.73. The van der Waals surface area contributed by atoms with Crippen LogP contribution < -0.4 is 20.2 Å². The van der Waals surface area contributed by atoms with Crippen molar-refractivity contribution in [3.8, 4) is 11.5 Å². The second kappa shape index (κ2) is 11.4. The average molecular weight is 449 g/mol. The standard InChI is InChI=1S/C25H24FN3O4/c1-17(20-6-4-3-5-7-20)28-24(30)25(31)29-27-15-19-10-13-22(23(14-19)32-2)33-16-18-8-11-21(26)12-9-18/h3-15,17H,16H2,1-2H3,(H,28,30)(H,29,31)/b27-15-/t17-/m0/s1. The van der Waals surface area contributed by atoms with Crippen LogP contribution in [0.5, 0.6) is 11.5 Å². The van der Waals surface area contributed by atoms with E-state index in [0.717, 1.165) is 11.1 Å². The molecule has 0 aliphatic rings. The van der Waals surface area contributed by atoms with E-state index >= 15 is 0 Å². The van der Waals surface area contributed by atoms with E-state index < -0.39 is 11.8 Å². The van der Waals surface area contributed by atoms with Crippen LogP contribution in [0.2, 0.25) is 0 Å². The molecule has 0 aliphatic heterocycles. The molecule has 0 unspecified atom stereocenters. The highest BCUT2D eigenvalue weighted by Crippen LogP contribution is 2.28. The zero-order chi connectivity index (χ0) is 23.6. The Hall–Kier alpha value is -4.20. The van der Waals surface area contributed by atoms with Gasteiger partial charge in [-0.3, -0.25) is 9.59 Å². The van der Waals surface area contributed by atoms with Gasteiger partial charge in [-0.15, -0.1) is 0 Å². The summed E-state index contributed by atoms with van der Waals surface area (Å²) in [6.07, 6.45) is 1.39. The highest BCUT2D eigenvalue weighted by Gasteiger charge is 2.16. The maximum atomic E-state index is 13.0. The summed E-state index contributed by atoms with van der Waals surface area (Å²) in [7, 11) is 1.50. The first-order chi connectivity index (χ1) is 16.0. The monoisotopic (exact) mass is 449 g/mol. The van der Waals surface area contributed by atoms with E-state index in [4.69, 9.17) is 9.47 Å². The lowest BCUT2D eigenvalue weighted by molar-refractivity contribution is -0.139. The fraction of sp³-hybridized carbons (Fsp3) is 0.160. The average Bonchev–Trinajstić information content (AvgIpc) is 2.84. The molecule has 0 heterocycles. The van der Waals surface area contributed by atoms with E-state index in [-0.39, 0.29) is 18.5 Å². The number of nitrogens with one attached hydrogen (secondary N) is 2. The van der Waals surface area contributed by atoms with Crippen molar-refractivity contribution >= 4 is 18.0 Å². The molecule has 2 amide bonds. The van der Waals surface area contributed by atoms with Crippen LogP contribution in [-0.4, -0.2) is 25.1 Å². The minimum atomic E-state index is -0.875. The number of hydrogen-bond donors (Lipinski definition) is 2. The highest BCUT2D eigenvalue weighted by molar-refractivity contribution is 6.35. The van der Waals surface area contributed by atoms with Crippen molar-refractivity contribution < 1.29 is 23.5 Å². The van der Waals surface area contributed by atoms with Gasteiger partial charge in [-0.25, -0.2) is 9.82 Å². The molecular formula is C25H24FN3O4. The Labute approximate surface area is 191 Å². The van der Waals surface area contributed by atoms with Crippen LogP contribution in [0.3, 0.4) is 0 Å². The number of ether oxygens (including phenoxy) is 2. The van der Waals surface area contributed by atoms with E-state index in [1.807, 2.05) is 30.3 Å². The Morgan fingerprint density at radius 3 is 2.42 bits per heavy atom. The number of hydrazone groups is 1. The fourth-order valence-electron chi connectivity index (χ4n) is 2.93. The fourth-order valence-corrected chi connectivity index (χ4v) is 2.93. The summed E-state index contributed by atoms with van der Waals surface area (Å²) in [6, 6.07) is 20.1. The molecule has 33 heavy (non-hydrogen) atoms. The molecule has 7 nitrogen and oxygen atoms in total. The van der Waals surface area contributed by atoms with E-state index in [9.17, 15) is 14.0 Å². The molecule has 3 aromatic rings. The van der Waals surface area contributed by atoms with Crippen molar-refractivity contribution in [1.29, 1.82) is 0 Å². The van der Waals surface area contributed by atoms with Crippen LogP contribution in [0.4, 0.5) is 4.39 Å². The molecule has 0 spiro atoms. The Bertz CT molecular complexity index is 1120. The van der Waals surface area contributed by atoms with Gasteiger partial charge in [-0.2, -0.15) is 5.10 Å². The first-order valence-electron chi connectivity index (χ1n) is 10.2. The van der Waals surface area contributed by atoms with Gasteiger partial charge in [0.1, 0.15) is 12.4 Å². The lowest BCUT2D eigenvalue weighted by Gasteiger charge is -2.13. The van der Waals surface area contributed by atoms with Gasteiger partial charge in [0, 0.05) is 0 Å². The van der Waals surface area contributed by atoms with Crippen molar-refractivity contribution in [2.45, 2.75) is 19.6 Å². The van der Waals surface area contributed by atoms with E-state index in [0.29, 0.717) is 17.1 Å². The molecule has 2 N–H and O–H groups in total. The zero-order valence-corrected chi connectivity index (χ0v) is 18.2. The Morgan fingerprint density at radius 1 is 1.00 bits per heavy atom. The number of methoxy groups -OCH3 is 1. The normalized spacial score (nSPS) is 11.6. The number of benzene rings is 3. The molecule has 0 radical (unpaired) electrons. The van der Waals surface area contributed by atoms with E-state index in [2.05, 4.69) is 15.8 Å². The van der Waals surface area contributed by atoms with Gasteiger partial charge in [-0.1, -0.05) is 42.5 Å². The van der Waals surface area contributed by atoms with E-state index in [1.54, 1.807) is 37.3 Å². The van der Waals surface area contributed by atoms with Gasteiger partial charge in [0.05, 0.1) is 19.4 Å². The van der Waals surface area contributed by atoms with Gasteiger partial charge in [0.15, 0.2) is 11.5 Å². The summed E-state index contributed by atoms with van der Waals surface area (Å²) in [5.41, 5.74) is 4.53. The minimum Gasteiger partial charge on any atom is -0.493 e. The minimum absolute atomic E-state index is 0.247. The van der Waals surface area contributed by atoms with Crippen molar-refractivity contribution in [3.05, 3.63) is 95.3 Å². The van der Waals surface area contributed by atoms with Crippen LogP contribution in [0.15, 0.2) is 77.9 Å². The van der Waals surface area contributed by atoms with Gasteiger partial charge in [-0.05, 0) is 53.9 Å². The highest BCUT2D eigenvalue weighted by atomic mass is 19.1. The number of halogens is 1. The Morgan fingerprint density at radius 2 is 1.73 bits per heavy atom. The van der Waals surface area contributed by atoms with Gasteiger partial charge < -0.3 is 14.8 Å². The molecule has 3 rings (SSSR count). The maximum absolute atomic E-state index is 13.0. The van der Waals surface area contributed by atoms with Crippen LogP contribution in [-0.2, 0) is 16.2 Å². The predicted octanol–water partition coefficient (Wildman–Crippen LogP) is 3.74. The number of carbonyl (C=O) groups excluding carboxylic acids is 2. The molecule has 1 atom stereocenters. The van der Waals surface area contributed by atoms with Crippen molar-refractivity contribution in [2.24, 2.45) is 5.10 Å². The second-order valence-corrected chi connectivity index (χ2v) is 7.13. The van der Waals surface area contributed by atoms with Crippen molar-refractivity contribution in [1.82, 2.24) is 10.7 Å². The lowest BCUT2D eigenvalue weighted by Crippen LogP contribution is -2.39. The zero-order valence-electron chi connectivity index (χ0n) is 18.2. The number of hydrogen-bond acceptors (Lipinski definition) is 5. The van der Waals surface area contributed by atoms with Gasteiger partial charge >= 0.3 is 11.8 Å². The number of rotatable bonds is 8. The molecule has 0 bridgehead atoms. The molecule has 3 aromatic carbocycles. The summed E-state index contributed by atoms with van der Waals surface area (Å²) in [4.78, 5) is 24.1. The number of carbonyl (C=O) groups is 2. The molecule has 0 saturated heterocycles. The van der Waals surface area contributed by atoms with Gasteiger partial charge in [0.25, 0.3) is 0 Å². The summed E-state index contributed by atoms with van der Waals surface area (Å²) in [5.74, 6) is -1.01. The van der Waals surface area contributed by atoms with Gasteiger partial charge in [0.2, 0.25) is 0 Å². The number of nitrogens with zero attached hydrogens (tertiary/aromatic N) is 1. The quantitative estimate of drug-likeness (QED) is 0.312. The lowest BCUT2D eigenvalue weighted by atomic mass is 10.1. The third-order valence-corrected chi connectivity index (χ3v) is 4.73.